The molecule has 2 fully saturated rings. The second-order valence-corrected chi connectivity index (χ2v) is 5.51. The van der Waals surface area contributed by atoms with Crippen molar-refractivity contribution < 1.29 is 19.5 Å². The van der Waals surface area contributed by atoms with Crippen LogP contribution in [0.5, 0.6) is 0 Å². The van der Waals surface area contributed by atoms with Crippen molar-refractivity contribution in [3.05, 3.63) is 23.9 Å². The largest absolute Gasteiger partial charge is 0.478 e. The summed E-state index contributed by atoms with van der Waals surface area (Å²) in [4.78, 5) is 40.7. The number of carboxylic acid groups (broad SMARTS) is 1. The van der Waals surface area contributed by atoms with Crippen molar-refractivity contribution in [2.75, 3.05) is 4.90 Å². The molecule has 2 atom stereocenters. The Hall–Kier alpha value is -2.24. The van der Waals surface area contributed by atoms with Gasteiger partial charge in [0.15, 0.2) is 0 Å². The molecule has 6 heteroatoms. The average molecular weight is 274 g/mol. The third kappa shape index (κ3) is 1.79. The minimum Gasteiger partial charge on any atom is -0.478 e. The molecule has 1 N–H and O–H groups in total. The van der Waals surface area contributed by atoms with Gasteiger partial charge in [0, 0.05) is 6.20 Å². The van der Waals surface area contributed by atoms with E-state index in [0.29, 0.717) is 18.8 Å². The summed E-state index contributed by atoms with van der Waals surface area (Å²) in [6.07, 6.45) is 2.73. The Balaban J connectivity index is 1.96. The number of aromatic carboxylic acids is 1. The fourth-order valence-corrected chi connectivity index (χ4v) is 3.18. The average Bonchev–Trinajstić information content (AvgIpc) is 2.89. The van der Waals surface area contributed by atoms with Crippen molar-refractivity contribution in [3.63, 3.8) is 0 Å². The summed E-state index contributed by atoms with van der Waals surface area (Å²) in [6.45, 7) is 2.03. The van der Waals surface area contributed by atoms with Gasteiger partial charge >= 0.3 is 5.97 Å². The Bertz CT molecular complexity index is 589. The lowest BCUT2D eigenvalue weighted by molar-refractivity contribution is -0.123. The Labute approximate surface area is 115 Å². The topological polar surface area (TPSA) is 87.6 Å². The number of carbonyl (C=O) groups excluding carboxylic acids is 2. The molecule has 2 heterocycles. The second kappa shape index (κ2) is 4.40. The number of anilines is 1. The first kappa shape index (κ1) is 12.8. The number of aromatic nitrogens is 1. The van der Waals surface area contributed by atoms with Crippen LogP contribution in [0.4, 0.5) is 5.82 Å². The van der Waals surface area contributed by atoms with Crippen LogP contribution in [0, 0.1) is 17.8 Å². The van der Waals surface area contributed by atoms with E-state index in [-0.39, 0.29) is 35.0 Å². The number of hydrogen-bond acceptors (Lipinski definition) is 4. The van der Waals surface area contributed by atoms with E-state index in [2.05, 4.69) is 4.98 Å². The third-order valence-corrected chi connectivity index (χ3v) is 4.10. The number of carbonyl (C=O) groups is 3. The zero-order chi connectivity index (χ0) is 14.4. The molecule has 2 amide bonds. The van der Waals surface area contributed by atoms with Crippen LogP contribution in [-0.2, 0) is 9.59 Å². The van der Waals surface area contributed by atoms with E-state index in [9.17, 15) is 14.4 Å². The molecule has 0 bridgehead atoms. The van der Waals surface area contributed by atoms with Crippen LogP contribution in [0.1, 0.15) is 30.1 Å². The maximum atomic E-state index is 12.3. The van der Waals surface area contributed by atoms with Crippen molar-refractivity contribution in [3.8, 4) is 0 Å². The van der Waals surface area contributed by atoms with Crippen molar-refractivity contribution in [2.45, 2.75) is 19.8 Å². The Morgan fingerprint density at radius 3 is 2.45 bits per heavy atom. The van der Waals surface area contributed by atoms with Crippen LogP contribution in [-0.4, -0.2) is 27.9 Å². The molecule has 3 rings (SSSR count). The van der Waals surface area contributed by atoms with Crippen molar-refractivity contribution in [2.24, 2.45) is 17.8 Å². The SMILES string of the molecule is CC1CC2C(=O)N(c3cc(C(=O)O)ccn3)C(=O)C2C1. The fraction of sp³-hybridized carbons (Fsp3) is 0.429. The first-order valence-electron chi connectivity index (χ1n) is 6.56. The number of pyridine rings is 1. The summed E-state index contributed by atoms with van der Waals surface area (Å²) in [5.74, 6) is -1.67. The minimum atomic E-state index is -1.11. The number of amides is 2. The van der Waals surface area contributed by atoms with E-state index in [1.54, 1.807) is 0 Å². The van der Waals surface area contributed by atoms with Gasteiger partial charge in [0.05, 0.1) is 17.4 Å². The molecule has 2 aliphatic rings. The number of nitrogens with zero attached hydrogens (tertiary/aromatic N) is 2. The molecule has 1 saturated carbocycles. The highest BCUT2D eigenvalue weighted by Crippen LogP contribution is 2.43. The summed E-state index contributed by atoms with van der Waals surface area (Å²) in [7, 11) is 0. The van der Waals surface area contributed by atoms with E-state index in [1.807, 2.05) is 6.92 Å². The molecule has 2 unspecified atom stereocenters. The Morgan fingerprint density at radius 2 is 1.90 bits per heavy atom. The van der Waals surface area contributed by atoms with E-state index in [4.69, 9.17) is 5.11 Å². The minimum absolute atomic E-state index is 0.0148. The first-order chi connectivity index (χ1) is 9.49. The molecular formula is C14H14N2O4. The smallest absolute Gasteiger partial charge is 0.335 e. The van der Waals surface area contributed by atoms with Gasteiger partial charge in [-0.2, -0.15) is 0 Å². The molecule has 1 aromatic rings. The van der Waals surface area contributed by atoms with Gasteiger partial charge in [0.1, 0.15) is 5.82 Å². The van der Waals surface area contributed by atoms with E-state index in [1.165, 1.54) is 18.3 Å². The summed E-state index contributed by atoms with van der Waals surface area (Å²) in [5.41, 5.74) is 0.0148. The number of hydrogen-bond donors (Lipinski definition) is 1. The van der Waals surface area contributed by atoms with Crippen molar-refractivity contribution in [1.29, 1.82) is 0 Å². The predicted octanol–water partition coefficient (Wildman–Crippen LogP) is 1.32. The van der Waals surface area contributed by atoms with Crippen LogP contribution in [0.25, 0.3) is 0 Å². The molecule has 1 saturated heterocycles. The number of rotatable bonds is 2. The van der Waals surface area contributed by atoms with Gasteiger partial charge in [0.25, 0.3) is 0 Å². The zero-order valence-electron chi connectivity index (χ0n) is 10.9. The molecule has 20 heavy (non-hydrogen) atoms. The van der Waals surface area contributed by atoms with Crippen LogP contribution in [0.2, 0.25) is 0 Å². The van der Waals surface area contributed by atoms with Gasteiger partial charge in [-0.3, -0.25) is 9.59 Å². The van der Waals surface area contributed by atoms with Crippen LogP contribution >= 0.6 is 0 Å². The molecule has 0 aromatic carbocycles. The maximum absolute atomic E-state index is 12.3. The highest BCUT2D eigenvalue weighted by molar-refractivity contribution is 6.22. The van der Waals surface area contributed by atoms with Gasteiger partial charge in [-0.25, -0.2) is 14.7 Å². The summed E-state index contributed by atoms with van der Waals surface area (Å²) >= 11 is 0. The fourth-order valence-electron chi connectivity index (χ4n) is 3.18. The summed E-state index contributed by atoms with van der Waals surface area (Å²) in [5, 5.41) is 8.96. The summed E-state index contributed by atoms with van der Waals surface area (Å²) in [6, 6.07) is 2.60. The second-order valence-electron chi connectivity index (χ2n) is 5.51. The standard InChI is InChI=1S/C14H14N2O4/c1-7-4-9-10(5-7)13(18)16(12(9)17)11-6-8(14(19)20)2-3-15-11/h2-3,6-7,9-10H,4-5H2,1H3,(H,19,20). The van der Waals surface area contributed by atoms with Gasteiger partial charge in [0.2, 0.25) is 11.8 Å². The number of fused-ring (bicyclic) bond motifs is 1. The third-order valence-electron chi connectivity index (χ3n) is 4.10. The summed E-state index contributed by atoms with van der Waals surface area (Å²) < 4.78 is 0. The van der Waals surface area contributed by atoms with Gasteiger partial charge in [-0.1, -0.05) is 6.92 Å². The molecule has 0 spiro atoms. The molecular weight excluding hydrogens is 260 g/mol. The van der Waals surface area contributed by atoms with E-state index >= 15 is 0 Å². The molecule has 0 radical (unpaired) electrons. The van der Waals surface area contributed by atoms with Gasteiger partial charge in [-0.05, 0) is 30.9 Å². The molecule has 104 valence electrons. The predicted molar refractivity (Wildman–Crippen MR) is 69.1 cm³/mol. The molecule has 1 aliphatic heterocycles. The van der Waals surface area contributed by atoms with Crippen LogP contribution in [0.15, 0.2) is 18.3 Å². The normalized spacial score (nSPS) is 28.9. The molecule has 1 aliphatic carbocycles. The lowest BCUT2D eigenvalue weighted by atomic mass is 10.00. The Kier molecular flexibility index (Phi) is 2.81. The quantitative estimate of drug-likeness (QED) is 0.822. The lowest BCUT2D eigenvalue weighted by Crippen LogP contribution is -2.33. The van der Waals surface area contributed by atoms with Crippen molar-refractivity contribution >= 4 is 23.6 Å². The number of imide groups is 1. The van der Waals surface area contributed by atoms with Crippen LogP contribution in [0.3, 0.4) is 0 Å². The van der Waals surface area contributed by atoms with Crippen molar-refractivity contribution in [1.82, 2.24) is 4.98 Å². The van der Waals surface area contributed by atoms with Gasteiger partial charge < -0.3 is 5.11 Å². The van der Waals surface area contributed by atoms with E-state index in [0.717, 1.165) is 4.90 Å². The Morgan fingerprint density at radius 1 is 1.30 bits per heavy atom. The molecule has 6 nitrogen and oxygen atoms in total. The van der Waals surface area contributed by atoms with Gasteiger partial charge in [-0.15, -0.1) is 0 Å². The highest BCUT2D eigenvalue weighted by Gasteiger charge is 2.52. The monoisotopic (exact) mass is 274 g/mol. The zero-order valence-corrected chi connectivity index (χ0v) is 10.9. The van der Waals surface area contributed by atoms with Crippen LogP contribution < -0.4 is 4.90 Å². The molecule has 1 aromatic heterocycles. The maximum Gasteiger partial charge on any atom is 0.335 e. The van der Waals surface area contributed by atoms with E-state index < -0.39 is 5.97 Å². The first-order valence-corrected chi connectivity index (χ1v) is 6.56. The number of carboxylic acids is 1. The lowest BCUT2D eigenvalue weighted by Gasteiger charge is -2.16. The highest BCUT2D eigenvalue weighted by atomic mass is 16.4.